The number of nitrogens with zero attached hydrogens (tertiary/aromatic N) is 1. The van der Waals surface area contributed by atoms with Crippen molar-refractivity contribution in [2.75, 3.05) is 18.1 Å². The molecule has 0 bridgehead atoms. The molecular weight excluding hydrogens is 230 g/mol. The Hall–Kier alpha value is -0.330. The maximum absolute atomic E-state index is 11.1. The molecule has 82 valence electrons. The van der Waals surface area contributed by atoms with Crippen LogP contribution in [0.3, 0.4) is 0 Å². The lowest BCUT2D eigenvalue weighted by Gasteiger charge is -2.04. The zero-order valence-corrected chi connectivity index (χ0v) is 9.29. The Labute approximate surface area is 87.9 Å². The summed E-state index contributed by atoms with van der Waals surface area (Å²) in [5.41, 5.74) is 0. The van der Waals surface area contributed by atoms with Crippen LogP contribution in [0.4, 0.5) is 0 Å². The van der Waals surface area contributed by atoms with Crippen molar-refractivity contribution in [3.63, 3.8) is 0 Å². The molecule has 0 aliphatic carbocycles. The van der Waals surface area contributed by atoms with Crippen molar-refractivity contribution >= 4 is 27.8 Å². The lowest BCUT2D eigenvalue weighted by molar-refractivity contribution is -0.212. The summed E-state index contributed by atoms with van der Waals surface area (Å²) in [6, 6.07) is -0.429. The molecule has 7 heteroatoms. The van der Waals surface area contributed by atoms with Gasteiger partial charge in [-0.05, 0) is 6.92 Å². The summed E-state index contributed by atoms with van der Waals surface area (Å²) in [4.78, 5) is 12.9. The second-order valence-electron chi connectivity index (χ2n) is 2.92. The van der Waals surface area contributed by atoms with Gasteiger partial charge in [-0.3, -0.25) is 0 Å². The van der Waals surface area contributed by atoms with E-state index in [2.05, 4.69) is 14.8 Å². The van der Waals surface area contributed by atoms with E-state index in [1.54, 1.807) is 6.92 Å². The molecule has 0 aromatic carbocycles. The summed E-state index contributed by atoms with van der Waals surface area (Å²) >= 11 is 5.79. The minimum Gasteiger partial charge on any atom is -0.325 e. The second kappa shape index (κ2) is 4.95. The summed E-state index contributed by atoms with van der Waals surface area (Å²) < 4.78 is 22.2. The van der Waals surface area contributed by atoms with Gasteiger partial charge in [0.2, 0.25) is 6.40 Å². The predicted octanol–water partition coefficient (Wildman–Crippen LogP) is 0.387. The summed E-state index contributed by atoms with van der Waals surface area (Å²) in [6.07, 6.45) is 1.09. The molecule has 5 nitrogen and oxygen atoms in total. The van der Waals surface area contributed by atoms with Crippen LogP contribution < -0.4 is 0 Å². The van der Waals surface area contributed by atoms with Gasteiger partial charge in [0.05, 0.1) is 29.5 Å². The first-order valence-corrected chi connectivity index (χ1v) is 6.45. The van der Waals surface area contributed by atoms with E-state index < -0.39 is 21.3 Å². The highest BCUT2D eigenvalue weighted by molar-refractivity contribution is 7.91. The van der Waals surface area contributed by atoms with E-state index in [1.165, 1.54) is 0 Å². The Kier molecular flexibility index (Phi) is 4.15. The van der Waals surface area contributed by atoms with Crippen LogP contribution in [0.5, 0.6) is 0 Å². The van der Waals surface area contributed by atoms with Crippen molar-refractivity contribution in [2.24, 2.45) is 4.99 Å². The maximum Gasteiger partial charge on any atom is 0.215 e. The largest absolute Gasteiger partial charge is 0.325 e. The number of rotatable bonds is 4. The molecule has 0 aromatic heterocycles. The minimum absolute atomic E-state index is 0.0207. The van der Waals surface area contributed by atoms with Crippen molar-refractivity contribution < 1.29 is 18.2 Å². The number of hydrogen-bond acceptors (Lipinski definition) is 5. The van der Waals surface area contributed by atoms with Gasteiger partial charge < -0.3 is 4.89 Å². The molecule has 1 rings (SSSR count). The van der Waals surface area contributed by atoms with Crippen molar-refractivity contribution in [1.29, 1.82) is 0 Å². The zero-order valence-electron chi connectivity index (χ0n) is 7.72. The number of hydrogen-bond donors (Lipinski definition) is 0. The van der Waals surface area contributed by atoms with Crippen LogP contribution in [-0.4, -0.2) is 44.3 Å². The number of halogens is 1. The highest BCUT2D eigenvalue weighted by atomic mass is 35.5. The monoisotopic (exact) mass is 241 g/mol. The molecule has 1 aliphatic rings. The van der Waals surface area contributed by atoms with E-state index in [0.717, 1.165) is 6.40 Å². The van der Waals surface area contributed by atoms with E-state index in [9.17, 15) is 8.42 Å². The molecule has 1 heterocycles. The Morgan fingerprint density at radius 3 is 2.79 bits per heavy atom. The van der Waals surface area contributed by atoms with E-state index in [0.29, 0.717) is 6.61 Å². The number of aliphatic imine (C=N–C) groups is 1. The van der Waals surface area contributed by atoms with E-state index in [4.69, 9.17) is 11.6 Å². The van der Waals surface area contributed by atoms with Crippen molar-refractivity contribution in [2.45, 2.75) is 18.3 Å². The Bertz CT molecular complexity index is 303. The normalized spacial score (nSPS) is 31.0. The summed E-state index contributed by atoms with van der Waals surface area (Å²) in [5, 5.41) is -0.471. The van der Waals surface area contributed by atoms with Crippen LogP contribution in [-0.2, 0) is 19.6 Å². The van der Waals surface area contributed by atoms with Gasteiger partial charge in [-0.2, -0.15) is 4.89 Å². The molecule has 1 fully saturated rings. The average molecular weight is 242 g/mol. The SMILES string of the molecule is CCOOC=NC1CS(=O)(=O)CC1Cl. The van der Waals surface area contributed by atoms with Gasteiger partial charge in [0.25, 0.3) is 0 Å². The fourth-order valence-electron chi connectivity index (χ4n) is 1.12. The first kappa shape index (κ1) is 11.7. The molecule has 0 N–H and O–H groups in total. The number of sulfone groups is 1. The van der Waals surface area contributed by atoms with Crippen LogP contribution in [0.2, 0.25) is 0 Å². The first-order chi connectivity index (χ1) is 6.55. The van der Waals surface area contributed by atoms with Crippen molar-refractivity contribution in [3.8, 4) is 0 Å². The fraction of sp³-hybridized carbons (Fsp3) is 0.857. The van der Waals surface area contributed by atoms with E-state index >= 15 is 0 Å². The minimum atomic E-state index is -3.03. The Morgan fingerprint density at radius 2 is 2.29 bits per heavy atom. The van der Waals surface area contributed by atoms with Crippen molar-refractivity contribution in [1.82, 2.24) is 0 Å². The number of alkyl halides is 1. The van der Waals surface area contributed by atoms with E-state index in [-0.39, 0.29) is 11.5 Å². The molecule has 1 aliphatic heterocycles. The molecular formula is C7H12ClNO4S. The smallest absolute Gasteiger partial charge is 0.215 e. The molecule has 14 heavy (non-hydrogen) atoms. The van der Waals surface area contributed by atoms with Gasteiger partial charge in [-0.25, -0.2) is 13.4 Å². The highest BCUT2D eigenvalue weighted by Gasteiger charge is 2.36. The van der Waals surface area contributed by atoms with Crippen LogP contribution >= 0.6 is 11.6 Å². The standard InChI is InChI=1S/C7H12ClNO4S/c1-2-12-13-5-9-7-4-14(10,11)3-6(7)8/h5-7H,2-4H2,1H3. The van der Waals surface area contributed by atoms with Gasteiger partial charge in [0.15, 0.2) is 9.84 Å². The molecule has 0 amide bonds. The molecule has 0 saturated carbocycles. The van der Waals surface area contributed by atoms with Gasteiger partial charge in [-0.15, -0.1) is 11.6 Å². The van der Waals surface area contributed by atoms with Crippen molar-refractivity contribution in [3.05, 3.63) is 0 Å². The Balaban J connectivity index is 2.43. The third-order valence-corrected chi connectivity index (χ3v) is 4.08. The van der Waals surface area contributed by atoms with Crippen LogP contribution in [0, 0.1) is 0 Å². The maximum atomic E-state index is 11.1. The predicted molar refractivity (Wildman–Crippen MR) is 53.3 cm³/mol. The fourth-order valence-corrected chi connectivity index (χ4v) is 3.64. The molecule has 0 radical (unpaired) electrons. The Morgan fingerprint density at radius 1 is 1.57 bits per heavy atom. The average Bonchev–Trinajstić information content (AvgIpc) is 2.34. The topological polar surface area (TPSA) is 65.0 Å². The van der Waals surface area contributed by atoms with E-state index in [1.807, 2.05) is 0 Å². The molecule has 2 atom stereocenters. The van der Waals surface area contributed by atoms with Gasteiger partial charge >= 0.3 is 0 Å². The molecule has 1 saturated heterocycles. The van der Waals surface area contributed by atoms with Gasteiger partial charge in [0, 0.05) is 0 Å². The first-order valence-electron chi connectivity index (χ1n) is 4.19. The van der Waals surface area contributed by atoms with Crippen LogP contribution in [0.25, 0.3) is 0 Å². The summed E-state index contributed by atoms with van der Waals surface area (Å²) in [5.74, 6) is -0.0433. The molecule has 2 unspecified atom stereocenters. The highest BCUT2D eigenvalue weighted by Crippen LogP contribution is 2.20. The van der Waals surface area contributed by atoms with Gasteiger partial charge in [-0.1, -0.05) is 0 Å². The summed E-state index contributed by atoms with van der Waals surface area (Å²) in [6.45, 7) is 2.16. The third-order valence-electron chi connectivity index (χ3n) is 1.74. The van der Waals surface area contributed by atoms with Gasteiger partial charge in [0.1, 0.15) is 0 Å². The van der Waals surface area contributed by atoms with Crippen LogP contribution in [0.15, 0.2) is 4.99 Å². The summed E-state index contributed by atoms with van der Waals surface area (Å²) in [7, 11) is -3.03. The molecule has 0 aromatic rings. The lowest BCUT2D eigenvalue weighted by atomic mass is 10.3. The third kappa shape index (κ3) is 3.43. The zero-order chi connectivity index (χ0) is 10.6. The second-order valence-corrected chi connectivity index (χ2v) is 5.63. The quantitative estimate of drug-likeness (QED) is 0.178. The lowest BCUT2D eigenvalue weighted by Crippen LogP contribution is -2.16. The molecule has 0 spiro atoms. The van der Waals surface area contributed by atoms with Crippen LogP contribution in [0.1, 0.15) is 6.92 Å².